The van der Waals surface area contributed by atoms with E-state index in [2.05, 4.69) is 10.5 Å². The molecule has 18 heavy (non-hydrogen) atoms. The first-order chi connectivity index (χ1) is 8.49. The Bertz CT molecular complexity index is 452. The summed E-state index contributed by atoms with van der Waals surface area (Å²) in [5.74, 6) is 0.128. The van der Waals surface area contributed by atoms with E-state index in [1.807, 2.05) is 13.8 Å². The maximum absolute atomic E-state index is 11.3. The van der Waals surface area contributed by atoms with Crippen molar-refractivity contribution in [2.75, 3.05) is 0 Å². The van der Waals surface area contributed by atoms with E-state index in [1.165, 1.54) is 18.3 Å². The van der Waals surface area contributed by atoms with Crippen LogP contribution < -0.4 is 5.43 Å². The molecule has 0 spiro atoms. The van der Waals surface area contributed by atoms with Gasteiger partial charge in [0.05, 0.1) is 11.1 Å². The maximum atomic E-state index is 11.3. The predicted molar refractivity (Wildman–Crippen MR) is 68.3 cm³/mol. The van der Waals surface area contributed by atoms with Gasteiger partial charge < -0.3 is 0 Å². The van der Waals surface area contributed by atoms with Gasteiger partial charge >= 0.3 is 0 Å². The molecular weight excluding hydrogens is 234 g/mol. The van der Waals surface area contributed by atoms with E-state index in [0.717, 1.165) is 0 Å². The highest BCUT2D eigenvalue weighted by Gasteiger charge is 2.03. The van der Waals surface area contributed by atoms with Gasteiger partial charge in [-0.25, -0.2) is 5.43 Å². The van der Waals surface area contributed by atoms with Crippen LogP contribution in [0, 0.1) is 16.0 Å². The lowest BCUT2D eigenvalue weighted by molar-refractivity contribution is -0.384. The van der Waals surface area contributed by atoms with Crippen LogP contribution in [0.1, 0.15) is 25.8 Å². The number of non-ortho nitro benzene ring substituents is 1. The van der Waals surface area contributed by atoms with Gasteiger partial charge in [0, 0.05) is 18.6 Å². The van der Waals surface area contributed by atoms with Crippen molar-refractivity contribution in [3.8, 4) is 0 Å². The number of amides is 1. The van der Waals surface area contributed by atoms with Gasteiger partial charge in [-0.05, 0) is 23.6 Å². The van der Waals surface area contributed by atoms with E-state index < -0.39 is 4.92 Å². The number of benzene rings is 1. The molecule has 0 unspecified atom stereocenters. The normalized spacial score (nSPS) is 10.8. The lowest BCUT2D eigenvalue weighted by Gasteiger charge is -2.01. The largest absolute Gasteiger partial charge is 0.273 e. The molecule has 0 heterocycles. The third kappa shape index (κ3) is 4.73. The van der Waals surface area contributed by atoms with Gasteiger partial charge in [-0.2, -0.15) is 5.10 Å². The van der Waals surface area contributed by atoms with Crippen LogP contribution in [-0.2, 0) is 4.79 Å². The lowest BCUT2D eigenvalue weighted by Crippen LogP contribution is -2.19. The molecule has 0 saturated heterocycles. The number of hydrazone groups is 1. The molecular formula is C12H15N3O3. The molecule has 0 bridgehead atoms. The van der Waals surface area contributed by atoms with Crippen molar-refractivity contribution in [3.05, 3.63) is 39.9 Å². The van der Waals surface area contributed by atoms with Crippen molar-refractivity contribution in [1.29, 1.82) is 0 Å². The Kier molecular flexibility index (Phi) is 4.98. The fourth-order valence-electron chi connectivity index (χ4n) is 1.28. The molecule has 0 aliphatic heterocycles. The van der Waals surface area contributed by atoms with E-state index in [0.29, 0.717) is 12.0 Å². The average molecular weight is 249 g/mol. The Labute approximate surface area is 105 Å². The molecule has 0 atom stereocenters. The molecule has 1 aromatic rings. The number of nitro benzene ring substituents is 1. The van der Waals surface area contributed by atoms with Crippen LogP contribution in [-0.4, -0.2) is 17.0 Å². The highest BCUT2D eigenvalue weighted by Crippen LogP contribution is 2.10. The van der Waals surface area contributed by atoms with Crippen LogP contribution in [0.3, 0.4) is 0 Å². The van der Waals surface area contributed by atoms with Gasteiger partial charge in [0.1, 0.15) is 0 Å². The zero-order valence-corrected chi connectivity index (χ0v) is 10.3. The Morgan fingerprint density at radius 2 is 2.06 bits per heavy atom. The van der Waals surface area contributed by atoms with E-state index in [4.69, 9.17) is 0 Å². The number of nitrogens with one attached hydrogen (secondary N) is 1. The number of nitro groups is 1. The summed E-state index contributed by atoms with van der Waals surface area (Å²) in [5, 5.41) is 14.2. The maximum Gasteiger partial charge on any atom is 0.269 e. The van der Waals surface area contributed by atoms with Crippen molar-refractivity contribution in [1.82, 2.24) is 5.43 Å². The van der Waals surface area contributed by atoms with Gasteiger partial charge in [-0.1, -0.05) is 13.8 Å². The summed E-state index contributed by atoms with van der Waals surface area (Å²) >= 11 is 0. The molecule has 0 fully saturated rings. The molecule has 1 amide bonds. The second kappa shape index (κ2) is 6.48. The number of rotatable bonds is 5. The minimum Gasteiger partial charge on any atom is -0.273 e. The van der Waals surface area contributed by atoms with Crippen molar-refractivity contribution in [3.63, 3.8) is 0 Å². The molecule has 0 aliphatic rings. The average Bonchev–Trinajstić information content (AvgIpc) is 2.28. The molecule has 1 N–H and O–H groups in total. The smallest absolute Gasteiger partial charge is 0.269 e. The minimum absolute atomic E-state index is 0.0241. The van der Waals surface area contributed by atoms with Gasteiger partial charge in [0.25, 0.3) is 5.69 Å². The molecule has 96 valence electrons. The number of carbonyl (C=O) groups is 1. The van der Waals surface area contributed by atoms with Crippen LogP contribution in [0.25, 0.3) is 0 Å². The van der Waals surface area contributed by atoms with Crippen molar-refractivity contribution < 1.29 is 9.72 Å². The fraction of sp³-hybridized carbons (Fsp3) is 0.333. The number of carbonyl (C=O) groups excluding carboxylic acids is 1. The fourth-order valence-corrected chi connectivity index (χ4v) is 1.28. The van der Waals surface area contributed by atoms with Gasteiger partial charge in [-0.15, -0.1) is 0 Å². The highest BCUT2D eigenvalue weighted by molar-refractivity contribution is 5.82. The quantitative estimate of drug-likeness (QED) is 0.492. The van der Waals surface area contributed by atoms with E-state index in [9.17, 15) is 14.9 Å². The summed E-state index contributed by atoms with van der Waals surface area (Å²) in [4.78, 5) is 21.2. The van der Waals surface area contributed by atoms with Crippen molar-refractivity contribution >= 4 is 17.8 Å². The molecule has 1 aromatic carbocycles. The standard InChI is InChI=1S/C12H15N3O3/c1-9(2)7-12(16)14-13-8-10-3-5-11(6-4-10)15(17)18/h3-6,8-9H,7H2,1-2H3,(H,14,16)/b13-8-. The van der Waals surface area contributed by atoms with Gasteiger partial charge in [-0.3, -0.25) is 14.9 Å². The van der Waals surface area contributed by atoms with Crippen LogP contribution >= 0.6 is 0 Å². The molecule has 1 rings (SSSR count). The summed E-state index contributed by atoms with van der Waals surface area (Å²) < 4.78 is 0. The highest BCUT2D eigenvalue weighted by atomic mass is 16.6. The first kappa shape index (κ1) is 13.8. The van der Waals surface area contributed by atoms with Crippen LogP contribution in [0.4, 0.5) is 5.69 Å². The third-order valence-electron chi connectivity index (χ3n) is 2.10. The Balaban J connectivity index is 2.52. The van der Waals surface area contributed by atoms with Gasteiger partial charge in [0.15, 0.2) is 0 Å². The summed E-state index contributed by atoms with van der Waals surface area (Å²) in [5.41, 5.74) is 3.11. The SMILES string of the molecule is CC(C)CC(=O)N/N=C\c1ccc([N+](=O)[O-])cc1. The van der Waals surface area contributed by atoms with Crippen molar-refractivity contribution in [2.24, 2.45) is 11.0 Å². The monoisotopic (exact) mass is 249 g/mol. The molecule has 0 saturated carbocycles. The van der Waals surface area contributed by atoms with Crippen molar-refractivity contribution in [2.45, 2.75) is 20.3 Å². The van der Waals surface area contributed by atoms with Crippen LogP contribution in [0.5, 0.6) is 0 Å². The number of nitrogens with zero attached hydrogens (tertiary/aromatic N) is 2. The molecule has 0 aromatic heterocycles. The molecule has 6 nitrogen and oxygen atoms in total. The first-order valence-corrected chi connectivity index (χ1v) is 5.55. The summed E-state index contributed by atoms with van der Waals surface area (Å²) in [6.07, 6.45) is 1.86. The third-order valence-corrected chi connectivity index (χ3v) is 2.10. The topological polar surface area (TPSA) is 84.6 Å². The molecule has 0 radical (unpaired) electrons. The minimum atomic E-state index is -0.467. The second-order valence-electron chi connectivity index (χ2n) is 4.24. The number of hydrogen-bond acceptors (Lipinski definition) is 4. The van der Waals surface area contributed by atoms with Gasteiger partial charge in [0.2, 0.25) is 5.91 Å². The molecule has 6 heteroatoms. The lowest BCUT2D eigenvalue weighted by atomic mass is 10.1. The second-order valence-corrected chi connectivity index (χ2v) is 4.24. The number of hydrogen-bond donors (Lipinski definition) is 1. The van der Waals surface area contributed by atoms with E-state index in [1.54, 1.807) is 12.1 Å². The summed E-state index contributed by atoms with van der Waals surface area (Å²) in [6.45, 7) is 3.89. The zero-order valence-electron chi connectivity index (χ0n) is 10.3. The predicted octanol–water partition coefficient (Wildman–Crippen LogP) is 2.09. The van der Waals surface area contributed by atoms with Crippen LogP contribution in [0.15, 0.2) is 29.4 Å². The summed E-state index contributed by atoms with van der Waals surface area (Å²) in [7, 11) is 0. The zero-order chi connectivity index (χ0) is 13.5. The van der Waals surface area contributed by atoms with E-state index >= 15 is 0 Å². The Morgan fingerprint density at radius 1 is 1.44 bits per heavy atom. The van der Waals surface area contributed by atoms with E-state index in [-0.39, 0.29) is 17.5 Å². The first-order valence-electron chi connectivity index (χ1n) is 5.55. The Hall–Kier alpha value is -2.24. The molecule has 0 aliphatic carbocycles. The Morgan fingerprint density at radius 3 is 2.56 bits per heavy atom. The summed E-state index contributed by atoms with van der Waals surface area (Å²) in [6, 6.07) is 5.90. The van der Waals surface area contributed by atoms with Crippen LogP contribution in [0.2, 0.25) is 0 Å².